The largest absolute Gasteiger partial charge is 0.393 e. The quantitative estimate of drug-likeness (QED) is 0.798. The summed E-state index contributed by atoms with van der Waals surface area (Å²) in [4.78, 5) is 0. The lowest BCUT2D eigenvalue weighted by Gasteiger charge is -2.37. The molecule has 0 spiro atoms. The van der Waals surface area contributed by atoms with Crippen LogP contribution in [0.25, 0.3) is 0 Å². The van der Waals surface area contributed by atoms with E-state index in [0.717, 1.165) is 35.6 Å². The van der Waals surface area contributed by atoms with Crippen molar-refractivity contribution in [3.8, 4) is 0 Å². The topological polar surface area (TPSA) is 20.2 Å². The van der Waals surface area contributed by atoms with Crippen LogP contribution >= 0.6 is 11.6 Å². The van der Waals surface area contributed by atoms with Gasteiger partial charge in [0.05, 0.1) is 6.10 Å². The average Bonchev–Trinajstić information content (AvgIpc) is 2.49. The Bertz CT molecular complexity index is 412. The molecular formula is C18H25ClO. The highest BCUT2D eigenvalue weighted by Gasteiger charge is 2.30. The molecule has 20 heavy (non-hydrogen) atoms. The monoisotopic (exact) mass is 292 g/mol. The van der Waals surface area contributed by atoms with E-state index in [2.05, 4.69) is 12.1 Å². The van der Waals surface area contributed by atoms with Crippen LogP contribution in [0, 0.1) is 11.8 Å². The van der Waals surface area contributed by atoms with E-state index in [1.54, 1.807) is 0 Å². The van der Waals surface area contributed by atoms with Crippen LogP contribution in [0.5, 0.6) is 0 Å². The van der Waals surface area contributed by atoms with E-state index in [9.17, 15) is 5.11 Å². The molecule has 1 aromatic carbocycles. The fourth-order valence-electron chi connectivity index (χ4n) is 4.23. The number of hydrogen-bond acceptors (Lipinski definition) is 1. The maximum atomic E-state index is 9.63. The lowest BCUT2D eigenvalue weighted by atomic mass is 9.69. The molecule has 110 valence electrons. The first-order valence-electron chi connectivity index (χ1n) is 8.16. The number of halogens is 1. The molecule has 0 saturated heterocycles. The fraction of sp³-hybridized carbons (Fsp3) is 0.667. The first-order valence-corrected chi connectivity index (χ1v) is 8.53. The first kappa shape index (κ1) is 14.4. The van der Waals surface area contributed by atoms with Crippen molar-refractivity contribution >= 4 is 11.6 Å². The molecule has 3 rings (SSSR count). The Morgan fingerprint density at radius 1 is 0.750 bits per heavy atom. The Balaban J connectivity index is 1.53. The van der Waals surface area contributed by atoms with Gasteiger partial charge in [0.15, 0.2) is 0 Å². The van der Waals surface area contributed by atoms with E-state index in [0.29, 0.717) is 0 Å². The van der Waals surface area contributed by atoms with Crippen molar-refractivity contribution in [1.29, 1.82) is 0 Å². The van der Waals surface area contributed by atoms with Gasteiger partial charge in [-0.15, -0.1) is 0 Å². The molecule has 2 aliphatic rings. The van der Waals surface area contributed by atoms with Crippen molar-refractivity contribution in [3.63, 3.8) is 0 Å². The van der Waals surface area contributed by atoms with Gasteiger partial charge in [-0.05, 0) is 86.8 Å². The summed E-state index contributed by atoms with van der Waals surface area (Å²) in [5, 5.41) is 10.5. The second-order valence-corrected chi connectivity index (χ2v) is 7.17. The van der Waals surface area contributed by atoms with Gasteiger partial charge in [0.1, 0.15) is 0 Å². The van der Waals surface area contributed by atoms with E-state index >= 15 is 0 Å². The first-order chi connectivity index (χ1) is 9.72. The highest BCUT2D eigenvalue weighted by molar-refractivity contribution is 6.30. The molecule has 0 aliphatic heterocycles. The van der Waals surface area contributed by atoms with E-state index in [1.165, 1.54) is 44.1 Å². The third-order valence-corrected chi connectivity index (χ3v) is 5.77. The molecule has 1 N–H and O–H groups in total. The zero-order valence-corrected chi connectivity index (χ0v) is 12.9. The second-order valence-electron chi connectivity index (χ2n) is 6.73. The molecular weight excluding hydrogens is 268 g/mol. The maximum absolute atomic E-state index is 9.63. The highest BCUT2D eigenvalue weighted by atomic mass is 35.5. The van der Waals surface area contributed by atoms with Crippen molar-refractivity contribution < 1.29 is 5.11 Å². The van der Waals surface area contributed by atoms with Gasteiger partial charge in [0.2, 0.25) is 0 Å². The van der Waals surface area contributed by atoms with Gasteiger partial charge < -0.3 is 5.11 Å². The summed E-state index contributed by atoms with van der Waals surface area (Å²) in [6.07, 6.45) is 9.92. The number of aliphatic hydroxyl groups excluding tert-OH is 1. The zero-order valence-electron chi connectivity index (χ0n) is 12.1. The Kier molecular flexibility index (Phi) is 4.68. The zero-order chi connectivity index (χ0) is 13.9. The van der Waals surface area contributed by atoms with Gasteiger partial charge in [-0.25, -0.2) is 0 Å². The van der Waals surface area contributed by atoms with Crippen molar-refractivity contribution in [2.75, 3.05) is 0 Å². The molecule has 0 heterocycles. The third-order valence-electron chi connectivity index (χ3n) is 5.52. The summed E-state index contributed by atoms with van der Waals surface area (Å²) < 4.78 is 0. The Hall–Kier alpha value is -0.530. The van der Waals surface area contributed by atoms with Gasteiger partial charge in [-0.1, -0.05) is 23.7 Å². The van der Waals surface area contributed by atoms with Crippen molar-refractivity contribution in [2.45, 2.75) is 63.4 Å². The lowest BCUT2D eigenvalue weighted by molar-refractivity contribution is 0.0805. The van der Waals surface area contributed by atoms with Crippen LogP contribution in [0.4, 0.5) is 0 Å². The smallest absolute Gasteiger partial charge is 0.0540 e. The third kappa shape index (κ3) is 3.38. The Morgan fingerprint density at radius 3 is 1.80 bits per heavy atom. The predicted octanol–water partition coefficient (Wildman–Crippen LogP) is 5.16. The maximum Gasteiger partial charge on any atom is 0.0540 e. The van der Waals surface area contributed by atoms with Crippen molar-refractivity contribution in [1.82, 2.24) is 0 Å². The van der Waals surface area contributed by atoms with E-state index < -0.39 is 0 Å². The van der Waals surface area contributed by atoms with Crippen LogP contribution in [0.1, 0.15) is 62.8 Å². The van der Waals surface area contributed by atoms with Gasteiger partial charge in [0.25, 0.3) is 0 Å². The van der Waals surface area contributed by atoms with Crippen molar-refractivity contribution in [3.05, 3.63) is 34.9 Å². The SMILES string of the molecule is OC1CCC(C2CCC(c3ccc(Cl)cc3)CC2)CC1. The summed E-state index contributed by atoms with van der Waals surface area (Å²) in [5.41, 5.74) is 1.46. The normalized spacial score (nSPS) is 34.9. The molecule has 0 unspecified atom stereocenters. The van der Waals surface area contributed by atoms with Gasteiger partial charge in [0, 0.05) is 5.02 Å². The average molecular weight is 293 g/mol. The van der Waals surface area contributed by atoms with Gasteiger partial charge in [-0.3, -0.25) is 0 Å². The molecule has 2 aliphatic carbocycles. The van der Waals surface area contributed by atoms with Crippen LogP contribution in [-0.2, 0) is 0 Å². The summed E-state index contributed by atoms with van der Waals surface area (Å²) in [7, 11) is 0. The van der Waals surface area contributed by atoms with Gasteiger partial charge in [-0.2, -0.15) is 0 Å². The standard InChI is InChI=1S/C18H25ClO/c19-17-9-5-15(6-10-17)13-1-3-14(4-2-13)16-7-11-18(20)12-8-16/h5-6,9-10,13-14,16,18,20H,1-4,7-8,11-12H2. The van der Waals surface area contributed by atoms with Crippen LogP contribution in [-0.4, -0.2) is 11.2 Å². The number of rotatable bonds is 2. The van der Waals surface area contributed by atoms with Gasteiger partial charge >= 0.3 is 0 Å². The van der Waals surface area contributed by atoms with Crippen LogP contribution in [0.3, 0.4) is 0 Å². The Labute approximate surface area is 127 Å². The summed E-state index contributed by atoms with van der Waals surface area (Å²) in [6.45, 7) is 0. The molecule has 0 atom stereocenters. The predicted molar refractivity (Wildman–Crippen MR) is 84.1 cm³/mol. The minimum atomic E-state index is -0.0170. The highest BCUT2D eigenvalue weighted by Crippen LogP contribution is 2.43. The molecule has 2 fully saturated rings. The Morgan fingerprint density at radius 2 is 1.25 bits per heavy atom. The number of hydrogen-bond donors (Lipinski definition) is 1. The molecule has 0 radical (unpaired) electrons. The molecule has 2 saturated carbocycles. The molecule has 2 heteroatoms. The van der Waals surface area contributed by atoms with E-state index in [4.69, 9.17) is 11.6 Å². The summed E-state index contributed by atoms with van der Waals surface area (Å²) in [6, 6.07) is 8.44. The molecule has 1 nitrogen and oxygen atoms in total. The minimum Gasteiger partial charge on any atom is -0.393 e. The summed E-state index contributed by atoms with van der Waals surface area (Å²) >= 11 is 5.97. The lowest BCUT2D eigenvalue weighted by Crippen LogP contribution is -2.26. The molecule has 1 aromatic rings. The van der Waals surface area contributed by atoms with E-state index in [-0.39, 0.29) is 6.10 Å². The fourth-order valence-corrected chi connectivity index (χ4v) is 4.36. The number of aliphatic hydroxyl groups is 1. The molecule has 0 bridgehead atoms. The molecule has 0 amide bonds. The van der Waals surface area contributed by atoms with Crippen molar-refractivity contribution in [2.24, 2.45) is 11.8 Å². The van der Waals surface area contributed by atoms with Crippen LogP contribution < -0.4 is 0 Å². The molecule has 0 aromatic heterocycles. The van der Waals surface area contributed by atoms with Crippen LogP contribution in [0.15, 0.2) is 24.3 Å². The minimum absolute atomic E-state index is 0.0170. The van der Waals surface area contributed by atoms with E-state index in [1.807, 2.05) is 12.1 Å². The van der Waals surface area contributed by atoms with Crippen LogP contribution in [0.2, 0.25) is 5.02 Å². The summed E-state index contributed by atoms with van der Waals surface area (Å²) in [5.74, 6) is 2.52. The second kappa shape index (κ2) is 6.49. The number of benzene rings is 1.